The van der Waals surface area contributed by atoms with Crippen molar-refractivity contribution < 1.29 is 0 Å². The first-order chi connectivity index (χ1) is 7.68. The highest BCUT2D eigenvalue weighted by Crippen LogP contribution is 2.20. The first kappa shape index (κ1) is 12.0. The van der Waals surface area contributed by atoms with Crippen molar-refractivity contribution in [2.45, 2.75) is 38.3 Å². The molecule has 1 aromatic heterocycles. The second-order valence-electron chi connectivity index (χ2n) is 5.10. The van der Waals surface area contributed by atoms with E-state index in [9.17, 15) is 0 Å². The van der Waals surface area contributed by atoms with E-state index >= 15 is 0 Å². The van der Waals surface area contributed by atoms with Crippen LogP contribution in [0.4, 0.5) is 0 Å². The molecule has 90 valence electrons. The summed E-state index contributed by atoms with van der Waals surface area (Å²) < 4.78 is 0. The van der Waals surface area contributed by atoms with Gasteiger partial charge in [0.1, 0.15) is 0 Å². The fraction of sp³-hybridized carbons (Fsp3) is 0.750. The van der Waals surface area contributed by atoms with E-state index in [0.717, 1.165) is 13.1 Å². The third kappa shape index (κ3) is 3.27. The van der Waals surface area contributed by atoms with Crippen LogP contribution < -0.4 is 5.32 Å². The fourth-order valence-electron chi connectivity index (χ4n) is 2.50. The second-order valence-corrected chi connectivity index (χ2v) is 5.82. The van der Waals surface area contributed by atoms with Crippen LogP contribution in [0.3, 0.4) is 0 Å². The molecule has 2 heterocycles. The molecule has 4 heteroatoms. The minimum Gasteiger partial charge on any atom is -0.310 e. The molecule has 0 amide bonds. The van der Waals surface area contributed by atoms with Gasteiger partial charge >= 0.3 is 0 Å². The topological polar surface area (TPSA) is 28.2 Å². The maximum atomic E-state index is 4.33. The van der Waals surface area contributed by atoms with Crippen LogP contribution in [0.5, 0.6) is 0 Å². The van der Waals surface area contributed by atoms with Crippen molar-refractivity contribution in [3.05, 3.63) is 16.6 Å². The monoisotopic (exact) mass is 239 g/mol. The number of nitrogens with one attached hydrogen (secondary N) is 1. The van der Waals surface area contributed by atoms with Gasteiger partial charge in [-0.15, -0.1) is 11.3 Å². The van der Waals surface area contributed by atoms with Gasteiger partial charge in [-0.3, -0.25) is 4.90 Å². The number of nitrogens with zero attached hydrogens (tertiary/aromatic N) is 2. The Morgan fingerprint density at radius 1 is 1.56 bits per heavy atom. The molecule has 16 heavy (non-hydrogen) atoms. The summed E-state index contributed by atoms with van der Waals surface area (Å²) in [5.41, 5.74) is 3.39. The summed E-state index contributed by atoms with van der Waals surface area (Å²) in [6, 6.07) is 0. The van der Waals surface area contributed by atoms with E-state index in [0.29, 0.717) is 5.54 Å². The first-order valence-electron chi connectivity index (χ1n) is 5.99. The van der Waals surface area contributed by atoms with Gasteiger partial charge in [-0.05, 0) is 33.4 Å². The van der Waals surface area contributed by atoms with Gasteiger partial charge in [-0.1, -0.05) is 6.42 Å². The Hall–Kier alpha value is -0.450. The summed E-state index contributed by atoms with van der Waals surface area (Å²) in [6.45, 7) is 5.57. The van der Waals surface area contributed by atoms with E-state index in [1.807, 2.05) is 5.51 Å². The number of likely N-dealkylation sites (N-methyl/N-ethyl adjacent to an activating group) is 1. The molecule has 1 N–H and O–H groups in total. The quantitative estimate of drug-likeness (QED) is 0.872. The van der Waals surface area contributed by atoms with E-state index in [2.05, 4.69) is 34.6 Å². The Balaban J connectivity index is 1.84. The summed E-state index contributed by atoms with van der Waals surface area (Å²) in [5.74, 6) is 0. The van der Waals surface area contributed by atoms with Crippen LogP contribution >= 0.6 is 11.3 Å². The van der Waals surface area contributed by atoms with Gasteiger partial charge in [0.25, 0.3) is 0 Å². The van der Waals surface area contributed by atoms with Crippen molar-refractivity contribution in [3.63, 3.8) is 0 Å². The fourth-order valence-corrected chi connectivity index (χ4v) is 3.05. The average molecular weight is 239 g/mol. The average Bonchev–Trinajstić information content (AvgIpc) is 2.70. The maximum absolute atomic E-state index is 4.33. The molecule has 2 rings (SSSR count). The summed E-state index contributed by atoms with van der Waals surface area (Å²) in [7, 11) is 2.18. The van der Waals surface area contributed by atoms with Crippen LogP contribution in [0.15, 0.2) is 10.9 Å². The lowest BCUT2D eigenvalue weighted by Gasteiger charge is -2.38. The Labute approximate surface area is 102 Å². The van der Waals surface area contributed by atoms with Crippen molar-refractivity contribution in [1.82, 2.24) is 15.2 Å². The predicted molar refractivity (Wildman–Crippen MR) is 68.7 cm³/mol. The molecule has 0 radical (unpaired) electrons. The molecule has 1 aliphatic rings. The van der Waals surface area contributed by atoms with Crippen molar-refractivity contribution in [2.24, 2.45) is 0 Å². The van der Waals surface area contributed by atoms with Crippen molar-refractivity contribution in [1.29, 1.82) is 0 Å². The second kappa shape index (κ2) is 5.25. The molecule has 1 atom stereocenters. The lowest BCUT2D eigenvalue weighted by Crippen LogP contribution is -2.52. The molecule has 0 spiro atoms. The van der Waals surface area contributed by atoms with Gasteiger partial charge in [0.2, 0.25) is 0 Å². The van der Waals surface area contributed by atoms with Gasteiger partial charge in [0, 0.05) is 24.0 Å². The Kier molecular flexibility index (Phi) is 3.95. The zero-order valence-electron chi connectivity index (χ0n) is 10.2. The van der Waals surface area contributed by atoms with Crippen molar-refractivity contribution in [3.8, 4) is 0 Å². The summed E-state index contributed by atoms with van der Waals surface area (Å²) in [4.78, 5) is 6.70. The zero-order valence-corrected chi connectivity index (χ0v) is 11.0. The summed E-state index contributed by atoms with van der Waals surface area (Å²) in [5, 5.41) is 5.78. The molecule has 0 saturated carbocycles. The summed E-state index contributed by atoms with van der Waals surface area (Å²) >= 11 is 1.67. The minimum absolute atomic E-state index is 0.295. The number of rotatable bonds is 4. The lowest BCUT2D eigenvalue weighted by atomic mass is 9.90. The molecular weight excluding hydrogens is 218 g/mol. The van der Waals surface area contributed by atoms with E-state index < -0.39 is 0 Å². The molecule has 3 nitrogen and oxygen atoms in total. The lowest BCUT2D eigenvalue weighted by molar-refractivity contribution is 0.182. The van der Waals surface area contributed by atoms with Crippen molar-refractivity contribution >= 4 is 11.3 Å². The first-order valence-corrected chi connectivity index (χ1v) is 6.93. The van der Waals surface area contributed by atoms with Crippen molar-refractivity contribution in [2.75, 3.05) is 20.1 Å². The molecule has 1 saturated heterocycles. The highest BCUT2D eigenvalue weighted by Gasteiger charge is 2.27. The Morgan fingerprint density at radius 3 is 3.06 bits per heavy atom. The molecule has 1 aromatic rings. The third-order valence-electron chi connectivity index (χ3n) is 3.24. The number of hydrogen-bond donors (Lipinski definition) is 1. The Bertz CT molecular complexity index is 304. The number of hydrogen-bond acceptors (Lipinski definition) is 4. The Morgan fingerprint density at radius 2 is 2.44 bits per heavy atom. The van der Waals surface area contributed by atoms with Gasteiger partial charge in [-0.25, -0.2) is 4.98 Å². The predicted octanol–water partition coefficient (Wildman–Crippen LogP) is 2.11. The van der Waals surface area contributed by atoms with E-state index in [4.69, 9.17) is 0 Å². The normalized spacial score (nSPS) is 26.2. The van der Waals surface area contributed by atoms with E-state index in [1.54, 1.807) is 11.3 Å². The van der Waals surface area contributed by atoms with E-state index in [1.165, 1.54) is 31.5 Å². The molecule has 0 aliphatic carbocycles. The standard InChI is InChI=1S/C12H21N3S/c1-12(5-3-4-6-14-12)9-15(2)7-11-8-16-10-13-11/h8,10,14H,3-7,9H2,1-2H3. The molecule has 1 unspecified atom stereocenters. The maximum Gasteiger partial charge on any atom is 0.0795 e. The summed E-state index contributed by atoms with van der Waals surface area (Å²) in [6.07, 6.45) is 3.97. The van der Waals surface area contributed by atoms with Crippen LogP contribution in [0, 0.1) is 0 Å². The van der Waals surface area contributed by atoms with Crippen LogP contribution in [-0.2, 0) is 6.54 Å². The van der Waals surface area contributed by atoms with Gasteiger partial charge in [0.05, 0.1) is 11.2 Å². The van der Waals surface area contributed by atoms with Crippen LogP contribution in [0.1, 0.15) is 31.9 Å². The number of aromatic nitrogens is 1. The molecule has 0 aromatic carbocycles. The smallest absolute Gasteiger partial charge is 0.0795 e. The van der Waals surface area contributed by atoms with E-state index in [-0.39, 0.29) is 0 Å². The molecular formula is C12H21N3S. The minimum atomic E-state index is 0.295. The number of thiazole rings is 1. The van der Waals surface area contributed by atoms with Gasteiger partial charge in [0.15, 0.2) is 0 Å². The zero-order chi connectivity index (χ0) is 11.4. The third-order valence-corrected chi connectivity index (χ3v) is 3.88. The van der Waals surface area contributed by atoms with Gasteiger partial charge in [-0.2, -0.15) is 0 Å². The van der Waals surface area contributed by atoms with Crippen LogP contribution in [0.25, 0.3) is 0 Å². The molecule has 1 fully saturated rings. The van der Waals surface area contributed by atoms with Crippen LogP contribution in [-0.4, -0.2) is 35.6 Å². The van der Waals surface area contributed by atoms with Crippen LogP contribution in [0.2, 0.25) is 0 Å². The largest absolute Gasteiger partial charge is 0.310 e. The molecule has 1 aliphatic heterocycles. The highest BCUT2D eigenvalue weighted by molar-refractivity contribution is 7.07. The molecule has 0 bridgehead atoms. The van der Waals surface area contributed by atoms with Gasteiger partial charge < -0.3 is 5.32 Å². The SMILES string of the molecule is CN(Cc1cscn1)CC1(C)CCCCN1. The highest BCUT2D eigenvalue weighted by atomic mass is 32.1. The number of piperidine rings is 1.